The summed E-state index contributed by atoms with van der Waals surface area (Å²) in [7, 11) is 1.60. The topological polar surface area (TPSA) is 41.1 Å². The van der Waals surface area contributed by atoms with Crippen molar-refractivity contribution in [3.63, 3.8) is 0 Å². The Labute approximate surface area is 108 Å². The predicted molar refractivity (Wildman–Crippen MR) is 72.8 cm³/mol. The van der Waals surface area contributed by atoms with Gasteiger partial charge in [-0.1, -0.05) is 24.9 Å². The summed E-state index contributed by atoms with van der Waals surface area (Å²) in [5.41, 5.74) is 1.43. The summed E-state index contributed by atoms with van der Waals surface area (Å²) in [6, 6.07) is 5.81. The van der Waals surface area contributed by atoms with Gasteiger partial charge in [0.2, 0.25) is 0 Å². The van der Waals surface area contributed by atoms with Gasteiger partial charge in [-0.05, 0) is 31.5 Å². The van der Waals surface area contributed by atoms with E-state index in [9.17, 15) is 4.79 Å². The summed E-state index contributed by atoms with van der Waals surface area (Å²) < 4.78 is 0. The van der Waals surface area contributed by atoms with Crippen LogP contribution in [0.3, 0.4) is 0 Å². The van der Waals surface area contributed by atoms with E-state index < -0.39 is 0 Å². The van der Waals surface area contributed by atoms with E-state index in [0.29, 0.717) is 16.6 Å². The average molecular weight is 255 g/mol. The van der Waals surface area contributed by atoms with Gasteiger partial charge in [-0.25, -0.2) is 0 Å². The molecular formula is C13H19ClN2O. The van der Waals surface area contributed by atoms with Gasteiger partial charge in [0.25, 0.3) is 5.91 Å². The fraction of sp³-hybridized carbons (Fsp3) is 0.462. The Morgan fingerprint density at radius 1 is 1.47 bits per heavy atom. The molecular weight excluding hydrogens is 236 g/mol. The minimum absolute atomic E-state index is 0.165. The molecule has 0 fully saturated rings. The van der Waals surface area contributed by atoms with Crippen molar-refractivity contribution in [2.75, 3.05) is 12.4 Å². The predicted octanol–water partition coefficient (Wildman–Crippen LogP) is 3.30. The first-order chi connectivity index (χ1) is 8.08. The van der Waals surface area contributed by atoms with Crippen molar-refractivity contribution in [2.24, 2.45) is 0 Å². The summed E-state index contributed by atoms with van der Waals surface area (Å²) in [5.74, 6) is -0.165. The summed E-state index contributed by atoms with van der Waals surface area (Å²) in [5, 5.41) is 6.40. The molecule has 3 nitrogen and oxygen atoms in total. The highest BCUT2D eigenvalue weighted by Gasteiger charge is 2.10. The summed E-state index contributed by atoms with van der Waals surface area (Å²) >= 11 is 5.98. The van der Waals surface area contributed by atoms with Crippen LogP contribution >= 0.6 is 11.6 Å². The van der Waals surface area contributed by atoms with Crippen LogP contribution in [0.5, 0.6) is 0 Å². The molecule has 1 aromatic carbocycles. The van der Waals surface area contributed by atoms with E-state index in [0.717, 1.165) is 18.5 Å². The number of carbonyl (C=O) groups is 1. The maximum Gasteiger partial charge on any atom is 0.252 e. The van der Waals surface area contributed by atoms with Crippen molar-refractivity contribution in [1.29, 1.82) is 0 Å². The number of hydrogen-bond acceptors (Lipinski definition) is 2. The molecule has 1 amide bonds. The molecule has 1 atom stereocenters. The highest BCUT2D eigenvalue weighted by Crippen LogP contribution is 2.21. The fourth-order valence-corrected chi connectivity index (χ4v) is 1.92. The third kappa shape index (κ3) is 3.93. The Bertz CT molecular complexity index is 393. The molecule has 0 bridgehead atoms. The van der Waals surface area contributed by atoms with Gasteiger partial charge >= 0.3 is 0 Å². The second-order valence-corrected chi connectivity index (χ2v) is 4.52. The molecule has 4 heteroatoms. The lowest BCUT2D eigenvalue weighted by Gasteiger charge is -2.15. The largest absolute Gasteiger partial charge is 0.383 e. The van der Waals surface area contributed by atoms with Gasteiger partial charge in [0.1, 0.15) is 0 Å². The summed E-state index contributed by atoms with van der Waals surface area (Å²) in [6.07, 6.45) is 2.22. The number of carbonyl (C=O) groups excluding carboxylic acids is 1. The number of nitrogens with one attached hydrogen (secondary N) is 2. The van der Waals surface area contributed by atoms with Gasteiger partial charge in [-0.2, -0.15) is 0 Å². The van der Waals surface area contributed by atoms with Crippen molar-refractivity contribution in [2.45, 2.75) is 32.7 Å². The molecule has 0 saturated carbocycles. The standard InChI is InChI=1S/C13H19ClN2O/c1-4-5-9(2)16-10-6-7-12(14)11(8-10)13(17)15-3/h6-9,16H,4-5H2,1-3H3,(H,15,17). The van der Waals surface area contributed by atoms with Gasteiger partial charge in [0.05, 0.1) is 10.6 Å². The monoisotopic (exact) mass is 254 g/mol. The van der Waals surface area contributed by atoms with Crippen LogP contribution in [-0.2, 0) is 0 Å². The number of benzene rings is 1. The first kappa shape index (κ1) is 13.8. The molecule has 1 unspecified atom stereocenters. The maximum absolute atomic E-state index is 11.6. The zero-order chi connectivity index (χ0) is 12.8. The van der Waals surface area contributed by atoms with E-state index in [1.165, 1.54) is 0 Å². The van der Waals surface area contributed by atoms with Crippen molar-refractivity contribution in [3.8, 4) is 0 Å². The lowest BCUT2D eigenvalue weighted by molar-refractivity contribution is 0.0963. The molecule has 2 N–H and O–H groups in total. The molecule has 1 rings (SSSR count). The number of amides is 1. The van der Waals surface area contributed by atoms with Crippen LogP contribution in [0, 0.1) is 0 Å². The van der Waals surface area contributed by atoms with Gasteiger partial charge in [-0.3, -0.25) is 4.79 Å². The SMILES string of the molecule is CCCC(C)Nc1ccc(Cl)c(C(=O)NC)c1. The van der Waals surface area contributed by atoms with Crippen LogP contribution in [0.15, 0.2) is 18.2 Å². The minimum atomic E-state index is -0.165. The normalized spacial score (nSPS) is 12.0. The molecule has 0 spiro atoms. The van der Waals surface area contributed by atoms with E-state index >= 15 is 0 Å². The third-order valence-electron chi connectivity index (χ3n) is 2.57. The van der Waals surface area contributed by atoms with Crippen LogP contribution in [-0.4, -0.2) is 19.0 Å². The number of anilines is 1. The third-order valence-corrected chi connectivity index (χ3v) is 2.90. The number of hydrogen-bond donors (Lipinski definition) is 2. The van der Waals surface area contributed by atoms with Crippen molar-refractivity contribution in [1.82, 2.24) is 5.32 Å². The molecule has 0 aliphatic rings. The zero-order valence-electron chi connectivity index (χ0n) is 10.5. The van der Waals surface area contributed by atoms with Crippen LogP contribution in [0.2, 0.25) is 5.02 Å². The van der Waals surface area contributed by atoms with Gasteiger partial charge in [-0.15, -0.1) is 0 Å². The van der Waals surface area contributed by atoms with Crippen molar-refractivity contribution >= 4 is 23.2 Å². The Morgan fingerprint density at radius 2 is 2.18 bits per heavy atom. The number of rotatable bonds is 5. The lowest BCUT2D eigenvalue weighted by Crippen LogP contribution is -2.19. The molecule has 0 aliphatic heterocycles. The van der Waals surface area contributed by atoms with E-state index in [1.54, 1.807) is 19.2 Å². The molecule has 0 radical (unpaired) electrons. The summed E-state index contributed by atoms with van der Waals surface area (Å²) in [6.45, 7) is 4.27. The average Bonchev–Trinajstić information content (AvgIpc) is 2.31. The van der Waals surface area contributed by atoms with E-state index in [4.69, 9.17) is 11.6 Å². The zero-order valence-corrected chi connectivity index (χ0v) is 11.3. The van der Waals surface area contributed by atoms with E-state index in [1.807, 2.05) is 6.07 Å². The summed E-state index contributed by atoms with van der Waals surface area (Å²) in [4.78, 5) is 11.6. The quantitative estimate of drug-likeness (QED) is 0.847. The Kier molecular flexibility index (Phi) is 5.29. The molecule has 0 aromatic heterocycles. The minimum Gasteiger partial charge on any atom is -0.383 e. The lowest BCUT2D eigenvalue weighted by atomic mass is 10.1. The van der Waals surface area contributed by atoms with Gasteiger partial charge < -0.3 is 10.6 Å². The number of halogens is 1. The van der Waals surface area contributed by atoms with Crippen LogP contribution in [0.25, 0.3) is 0 Å². The van der Waals surface area contributed by atoms with E-state index in [-0.39, 0.29) is 5.91 Å². The second-order valence-electron chi connectivity index (χ2n) is 4.11. The molecule has 94 valence electrons. The molecule has 1 aromatic rings. The molecule has 0 aliphatic carbocycles. The van der Waals surface area contributed by atoms with Crippen molar-refractivity contribution in [3.05, 3.63) is 28.8 Å². The highest BCUT2D eigenvalue weighted by atomic mass is 35.5. The Balaban J connectivity index is 2.85. The maximum atomic E-state index is 11.6. The first-order valence-corrected chi connectivity index (χ1v) is 6.24. The van der Waals surface area contributed by atoms with Crippen molar-refractivity contribution < 1.29 is 4.79 Å². The fourth-order valence-electron chi connectivity index (χ4n) is 1.71. The highest BCUT2D eigenvalue weighted by molar-refractivity contribution is 6.34. The smallest absolute Gasteiger partial charge is 0.252 e. The molecule has 0 heterocycles. The van der Waals surface area contributed by atoms with Crippen LogP contribution in [0.1, 0.15) is 37.0 Å². The van der Waals surface area contributed by atoms with Gasteiger partial charge in [0.15, 0.2) is 0 Å². The first-order valence-electron chi connectivity index (χ1n) is 5.86. The van der Waals surface area contributed by atoms with Crippen LogP contribution in [0.4, 0.5) is 5.69 Å². The van der Waals surface area contributed by atoms with Crippen LogP contribution < -0.4 is 10.6 Å². The van der Waals surface area contributed by atoms with E-state index in [2.05, 4.69) is 24.5 Å². The van der Waals surface area contributed by atoms with Gasteiger partial charge in [0, 0.05) is 18.8 Å². The molecule has 0 saturated heterocycles. The Morgan fingerprint density at radius 3 is 2.76 bits per heavy atom. The molecule has 17 heavy (non-hydrogen) atoms. The second kappa shape index (κ2) is 6.50. The Hall–Kier alpha value is -1.22.